The fourth-order valence-electron chi connectivity index (χ4n) is 5.06. The minimum atomic E-state index is -1.39. The number of hydrogen-bond acceptors (Lipinski definition) is 6. The van der Waals surface area contributed by atoms with Gasteiger partial charge in [0.25, 0.3) is 0 Å². The fourth-order valence-corrected chi connectivity index (χ4v) is 5.06. The molecule has 9 heteroatoms. The van der Waals surface area contributed by atoms with Gasteiger partial charge in [0.2, 0.25) is 11.8 Å². The maximum atomic E-state index is 12.6. The highest BCUT2D eigenvalue weighted by atomic mass is 16.5. The van der Waals surface area contributed by atoms with Crippen LogP contribution in [0.2, 0.25) is 0 Å². The van der Waals surface area contributed by atoms with E-state index in [1.54, 1.807) is 0 Å². The molecule has 266 valence electrons. The van der Waals surface area contributed by atoms with E-state index in [0.717, 1.165) is 51.4 Å². The summed E-state index contributed by atoms with van der Waals surface area (Å²) in [6.45, 7) is 3.37. The number of unbranched alkanes of at least 4 members (excludes halogenated alkanes) is 16. The zero-order chi connectivity index (χ0) is 34.1. The summed E-state index contributed by atoms with van der Waals surface area (Å²) < 4.78 is 5.84. The van der Waals surface area contributed by atoms with E-state index < -0.39 is 24.5 Å². The van der Waals surface area contributed by atoms with Gasteiger partial charge in [0.1, 0.15) is 12.1 Å². The maximum Gasteiger partial charge on any atom is 0.328 e. The van der Waals surface area contributed by atoms with Crippen molar-refractivity contribution in [1.29, 1.82) is 0 Å². The second-order valence-electron chi connectivity index (χ2n) is 12.3. The molecule has 0 aromatic heterocycles. The molecular weight excluding hydrogens is 584 g/mol. The summed E-state index contributed by atoms with van der Waals surface area (Å²) in [4.78, 5) is 47.2. The molecule has 0 aliphatic heterocycles. The number of esters is 1. The van der Waals surface area contributed by atoms with E-state index in [1.165, 1.54) is 77.0 Å². The van der Waals surface area contributed by atoms with Gasteiger partial charge in [0.15, 0.2) is 0 Å². The van der Waals surface area contributed by atoms with Crippen LogP contribution in [0.3, 0.4) is 0 Å². The number of aliphatic carboxylic acids is 1. The molecule has 46 heavy (non-hydrogen) atoms. The highest BCUT2D eigenvalue weighted by Crippen LogP contribution is 2.15. The number of rotatable bonds is 32. The normalized spacial score (nSPS) is 12.8. The first kappa shape index (κ1) is 43.3. The molecule has 9 nitrogen and oxygen atoms in total. The molecule has 0 aliphatic carbocycles. The van der Waals surface area contributed by atoms with Gasteiger partial charge in [-0.2, -0.15) is 0 Å². The number of carboxylic acids is 1. The predicted molar refractivity (Wildman–Crippen MR) is 185 cm³/mol. The van der Waals surface area contributed by atoms with Crippen molar-refractivity contribution in [3.8, 4) is 0 Å². The predicted octanol–water partition coefficient (Wildman–Crippen LogP) is 7.70. The first-order chi connectivity index (χ1) is 22.3. The van der Waals surface area contributed by atoms with Crippen LogP contribution in [-0.4, -0.2) is 59.3 Å². The Hall–Kier alpha value is -2.68. The van der Waals surface area contributed by atoms with Gasteiger partial charge in [-0.25, -0.2) is 4.79 Å². The average molecular weight is 651 g/mol. The van der Waals surface area contributed by atoms with Crippen LogP contribution in [0.25, 0.3) is 0 Å². The van der Waals surface area contributed by atoms with E-state index in [2.05, 4.69) is 42.7 Å². The van der Waals surface area contributed by atoms with E-state index in [-0.39, 0.29) is 30.9 Å². The Labute approximate surface area is 279 Å². The maximum absolute atomic E-state index is 12.6. The van der Waals surface area contributed by atoms with Crippen molar-refractivity contribution < 1.29 is 34.1 Å². The molecule has 2 atom stereocenters. The summed E-state index contributed by atoms with van der Waals surface area (Å²) >= 11 is 0. The third-order valence-corrected chi connectivity index (χ3v) is 7.94. The SMILES string of the molecule is CCCC/C=C\C/C=C\C(CCCCCCC(=O)NCC(=O)NC(CO)C(=O)O)OC(=O)CCCCCCCCCCCCCC. The minimum absolute atomic E-state index is 0.130. The molecule has 0 aliphatic rings. The number of amides is 2. The minimum Gasteiger partial charge on any atom is -0.480 e. The van der Waals surface area contributed by atoms with Crippen LogP contribution < -0.4 is 10.6 Å². The van der Waals surface area contributed by atoms with Gasteiger partial charge in [-0.3, -0.25) is 14.4 Å². The van der Waals surface area contributed by atoms with E-state index in [9.17, 15) is 19.2 Å². The molecule has 2 amide bonds. The molecule has 0 heterocycles. The molecule has 0 radical (unpaired) electrons. The topological polar surface area (TPSA) is 142 Å². The quantitative estimate of drug-likeness (QED) is 0.0332. The van der Waals surface area contributed by atoms with Crippen molar-refractivity contribution in [1.82, 2.24) is 10.6 Å². The molecule has 0 aromatic carbocycles. The van der Waals surface area contributed by atoms with E-state index >= 15 is 0 Å². The van der Waals surface area contributed by atoms with Crippen molar-refractivity contribution in [2.45, 2.75) is 174 Å². The summed E-state index contributed by atoms with van der Waals surface area (Å²) in [7, 11) is 0. The van der Waals surface area contributed by atoms with Crippen molar-refractivity contribution in [2.75, 3.05) is 13.2 Å². The van der Waals surface area contributed by atoms with Crippen LogP contribution in [0.1, 0.15) is 162 Å². The molecular formula is C37H66N2O7. The van der Waals surface area contributed by atoms with E-state index in [0.29, 0.717) is 12.8 Å². The summed E-state index contributed by atoms with van der Waals surface area (Å²) in [5.41, 5.74) is 0. The standard InChI is InChI=1S/C37H66N2O7/c1-3-5-7-9-11-12-13-14-15-17-19-25-29-36(43)46-32(26-22-18-16-10-8-6-4-2)27-23-20-21-24-28-34(41)38-30-35(42)39-33(31-40)37(44)45/h10,16,22,26,32-33,40H,3-9,11-15,17-21,23-25,27-31H2,1-2H3,(H,38,41)(H,39,42)(H,44,45)/b16-10-,26-22-. The second kappa shape index (κ2) is 32.3. The Morgan fingerprint density at radius 3 is 1.83 bits per heavy atom. The van der Waals surface area contributed by atoms with Crippen LogP contribution in [0, 0.1) is 0 Å². The molecule has 2 unspecified atom stereocenters. The highest BCUT2D eigenvalue weighted by molar-refractivity contribution is 5.87. The van der Waals surface area contributed by atoms with E-state index in [1.807, 2.05) is 6.08 Å². The van der Waals surface area contributed by atoms with Gasteiger partial charge in [-0.15, -0.1) is 0 Å². The Kier molecular flexibility index (Phi) is 30.4. The van der Waals surface area contributed by atoms with Gasteiger partial charge >= 0.3 is 11.9 Å². The number of hydrogen-bond donors (Lipinski definition) is 4. The summed E-state index contributed by atoms with van der Waals surface area (Å²) in [6, 6.07) is -1.39. The number of ether oxygens (including phenoxy) is 1. The van der Waals surface area contributed by atoms with Crippen LogP contribution in [-0.2, 0) is 23.9 Å². The zero-order valence-corrected chi connectivity index (χ0v) is 29.1. The Balaban J connectivity index is 4.30. The van der Waals surface area contributed by atoms with Crippen LogP contribution in [0.4, 0.5) is 0 Å². The van der Waals surface area contributed by atoms with Crippen molar-refractivity contribution in [3.63, 3.8) is 0 Å². The Morgan fingerprint density at radius 1 is 0.674 bits per heavy atom. The Bertz CT molecular complexity index is 844. The first-order valence-electron chi connectivity index (χ1n) is 18.2. The van der Waals surface area contributed by atoms with Crippen molar-refractivity contribution in [2.24, 2.45) is 0 Å². The Morgan fingerprint density at radius 2 is 1.24 bits per heavy atom. The smallest absolute Gasteiger partial charge is 0.328 e. The van der Waals surface area contributed by atoms with Gasteiger partial charge in [-0.1, -0.05) is 128 Å². The molecule has 0 aromatic rings. The number of aliphatic hydroxyl groups excluding tert-OH is 1. The summed E-state index contributed by atoms with van der Waals surface area (Å²) in [5.74, 6) is -2.42. The number of aliphatic hydroxyl groups is 1. The van der Waals surface area contributed by atoms with Crippen LogP contribution in [0.5, 0.6) is 0 Å². The zero-order valence-electron chi connectivity index (χ0n) is 29.1. The number of carbonyl (C=O) groups is 4. The largest absolute Gasteiger partial charge is 0.480 e. The molecule has 0 saturated carbocycles. The van der Waals surface area contributed by atoms with Crippen molar-refractivity contribution >= 4 is 23.8 Å². The number of allylic oxidation sites excluding steroid dienone is 3. The van der Waals surface area contributed by atoms with Crippen molar-refractivity contribution in [3.05, 3.63) is 24.3 Å². The monoisotopic (exact) mass is 650 g/mol. The number of nitrogens with one attached hydrogen (secondary N) is 2. The third-order valence-electron chi connectivity index (χ3n) is 7.94. The van der Waals surface area contributed by atoms with Crippen LogP contribution >= 0.6 is 0 Å². The second-order valence-corrected chi connectivity index (χ2v) is 12.3. The van der Waals surface area contributed by atoms with E-state index in [4.69, 9.17) is 14.9 Å². The highest BCUT2D eigenvalue weighted by Gasteiger charge is 2.18. The lowest BCUT2D eigenvalue weighted by molar-refractivity contribution is -0.147. The summed E-state index contributed by atoms with van der Waals surface area (Å²) in [5, 5.41) is 22.4. The van der Waals surface area contributed by atoms with Gasteiger partial charge in [0.05, 0.1) is 13.2 Å². The van der Waals surface area contributed by atoms with Crippen LogP contribution in [0.15, 0.2) is 24.3 Å². The lowest BCUT2D eigenvalue weighted by Crippen LogP contribution is -2.47. The molecule has 4 N–H and O–H groups in total. The molecule has 0 bridgehead atoms. The number of carbonyl (C=O) groups excluding carboxylic acids is 3. The molecule has 0 spiro atoms. The van der Waals surface area contributed by atoms with Gasteiger partial charge in [-0.05, 0) is 44.6 Å². The molecule has 0 saturated heterocycles. The molecule has 0 fully saturated rings. The molecule has 0 rings (SSSR count). The first-order valence-corrected chi connectivity index (χ1v) is 18.2. The number of carboxylic acid groups (broad SMARTS) is 1. The van der Waals surface area contributed by atoms with Gasteiger partial charge in [0, 0.05) is 12.8 Å². The fraction of sp³-hybridized carbons (Fsp3) is 0.784. The summed E-state index contributed by atoms with van der Waals surface area (Å²) in [6.07, 6.45) is 32.3. The lowest BCUT2D eigenvalue weighted by atomic mass is 10.0. The lowest BCUT2D eigenvalue weighted by Gasteiger charge is -2.15. The third kappa shape index (κ3) is 28.8. The average Bonchev–Trinajstić information content (AvgIpc) is 3.03. The van der Waals surface area contributed by atoms with Gasteiger partial charge < -0.3 is 25.6 Å².